The molecule has 0 bridgehead atoms. The Morgan fingerprint density at radius 2 is 2.31 bits per heavy atom. The Balaban J connectivity index is 2.22. The van der Waals surface area contributed by atoms with Crippen molar-refractivity contribution in [1.29, 1.82) is 0 Å². The number of fused-ring (bicyclic) bond motifs is 2. The Hall–Kier alpha value is -1.55. The topological polar surface area (TPSA) is 50.4 Å². The normalized spacial score (nSPS) is 26.9. The number of ether oxygens (including phenoxy) is 1. The third kappa shape index (κ3) is 1.05. The number of methoxy groups -OCH3 is 1. The summed E-state index contributed by atoms with van der Waals surface area (Å²) in [6, 6.07) is 5.75. The summed E-state index contributed by atoms with van der Waals surface area (Å²) in [7, 11) is 1.65. The van der Waals surface area contributed by atoms with E-state index < -0.39 is 5.41 Å². The summed E-state index contributed by atoms with van der Waals surface area (Å²) in [5.41, 5.74) is 1.50. The lowest BCUT2D eigenvalue weighted by Crippen LogP contribution is -2.36. The Kier molecular flexibility index (Phi) is 1.94. The third-order valence-corrected chi connectivity index (χ3v) is 3.56. The van der Waals surface area contributed by atoms with Crippen molar-refractivity contribution in [3.05, 3.63) is 23.8 Å². The van der Waals surface area contributed by atoms with E-state index in [0.29, 0.717) is 6.54 Å². The van der Waals surface area contributed by atoms with Gasteiger partial charge in [0.05, 0.1) is 12.5 Å². The van der Waals surface area contributed by atoms with Gasteiger partial charge in [-0.2, -0.15) is 0 Å². The number of carbonyl (C=O) groups is 1. The van der Waals surface area contributed by atoms with Gasteiger partial charge < -0.3 is 15.4 Å². The second-order valence-corrected chi connectivity index (χ2v) is 4.35. The van der Waals surface area contributed by atoms with Gasteiger partial charge in [-0.25, -0.2) is 0 Å². The zero-order valence-corrected chi connectivity index (χ0v) is 9.17. The van der Waals surface area contributed by atoms with Gasteiger partial charge in [-0.05, 0) is 25.1 Å². The molecule has 1 aromatic rings. The first-order valence-corrected chi connectivity index (χ1v) is 5.47. The zero-order chi connectivity index (χ0) is 11.2. The number of carbonyl (C=O) groups excluding carboxylic acids is 1. The number of hydrogen-bond acceptors (Lipinski definition) is 3. The molecule has 2 aliphatic rings. The molecule has 1 atom stereocenters. The molecule has 84 valence electrons. The second-order valence-electron chi connectivity index (χ2n) is 4.35. The van der Waals surface area contributed by atoms with Gasteiger partial charge in [-0.3, -0.25) is 4.79 Å². The Morgan fingerprint density at radius 3 is 3.00 bits per heavy atom. The summed E-state index contributed by atoms with van der Waals surface area (Å²) in [4.78, 5) is 12.1. The van der Waals surface area contributed by atoms with E-state index in [4.69, 9.17) is 4.74 Å². The highest BCUT2D eigenvalue weighted by Gasteiger charge is 2.50. The van der Waals surface area contributed by atoms with E-state index in [1.165, 1.54) is 0 Å². The van der Waals surface area contributed by atoms with E-state index in [9.17, 15) is 4.79 Å². The van der Waals surface area contributed by atoms with Crippen molar-refractivity contribution < 1.29 is 9.53 Å². The lowest BCUT2D eigenvalue weighted by molar-refractivity contribution is -0.120. The largest absolute Gasteiger partial charge is 0.496 e. The molecule has 4 heteroatoms. The van der Waals surface area contributed by atoms with Crippen LogP contribution in [0.4, 0.5) is 5.69 Å². The van der Waals surface area contributed by atoms with Gasteiger partial charge in [-0.1, -0.05) is 6.07 Å². The number of nitrogens with one attached hydrogen (secondary N) is 2. The summed E-state index contributed by atoms with van der Waals surface area (Å²) in [6.45, 7) is 1.58. The van der Waals surface area contributed by atoms with Gasteiger partial charge in [0.2, 0.25) is 5.91 Å². The maximum Gasteiger partial charge on any atom is 0.236 e. The lowest BCUT2D eigenvalue weighted by Gasteiger charge is -2.21. The van der Waals surface area contributed by atoms with Crippen LogP contribution in [-0.4, -0.2) is 26.1 Å². The van der Waals surface area contributed by atoms with Crippen LogP contribution in [0.5, 0.6) is 5.75 Å². The molecular weight excluding hydrogens is 204 g/mol. The first kappa shape index (κ1) is 9.66. The maximum atomic E-state index is 12.1. The fourth-order valence-electron chi connectivity index (χ4n) is 2.75. The molecule has 0 aliphatic carbocycles. The van der Waals surface area contributed by atoms with Gasteiger partial charge in [0.1, 0.15) is 5.75 Å². The molecule has 16 heavy (non-hydrogen) atoms. The number of benzene rings is 1. The van der Waals surface area contributed by atoms with Crippen LogP contribution in [0.3, 0.4) is 0 Å². The minimum Gasteiger partial charge on any atom is -0.496 e. The van der Waals surface area contributed by atoms with Crippen molar-refractivity contribution >= 4 is 11.6 Å². The molecule has 3 rings (SSSR count). The minimum absolute atomic E-state index is 0.0944. The van der Waals surface area contributed by atoms with E-state index in [-0.39, 0.29) is 5.91 Å². The molecule has 2 heterocycles. The van der Waals surface area contributed by atoms with Gasteiger partial charge in [0, 0.05) is 17.8 Å². The summed E-state index contributed by atoms with van der Waals surface area (Å²) in [6.07, 6.45) is 0.839. The molecule has 1 amide bonds. The fraction of sp³-hybridized carbons (Fsp3) is 0.417. The molecule has 1 saturated heterocycles. The summed E-state index contributed by atoms with van der Waals surface area (Å²) in [5, 5.41) is 6.21. The Morgan fingerprint density at radius 1 is 1.44 bits per heavy atom. The highest BCUT2D eigenvalue weighted by Crippen LogP contribution is 2.46. The van der Waals surface area contributed by atoms with E-state index in [0.717, 1.165) is 30.0 Å². The van der Waals surface area contributed by atoms with Crippen LogP contribution >= 0.6 is 0 Å². The lowest BCUT2D eigenvalue weighted by atomic mass is 9.80. The van der Waals surface area contributed by atoms with E-state index in [2.05, 4.69) is 10.6 Å². The predicted octanol–water partition coefficient (Wildman–Crippen LogP) is 0.878. The van der Waals surface area contributed by atoms with Gasteiger partial charge >= 0.3 is 0 Å². The molecule has 4 nitrogen and oxygen atoms in total. The average Bonchev–Trinajstić information content (AvgIpc) is 2.88. The van der Waals surface area contributed by atoms with Crippen LogP contribution in [0.15, 0.2) is 18.2 Å². The maximum absolute atomic E-state index is 12.1. The molecule has 1 aromatic carbocycles. The third-order valence-electron chi connectivity index (χ3n) is 3.56. The van der Waals surface area contributed by atoms with Crippen LogP contribution in [0.2, 0.25) is 0 Å². The Labute approximate surface area is 94.0 Å². The first-order valence-electron chi connectivity index (χ1n) is 5.47. The first-order chi connectivity index (χ1) is 7.78. The summed E-state index contributed by atoms with van der Waals surface area (Å²) >= 11 is 0. The van der Waals surface area contributed by atoms with Crippen molar-refractivity contribution in [2.24, 2.45) is 0 Å². The van der Waals surface area contributed by atoms with Crippen molar-refractivity contribution in [1.82, 2.24) is 5.32 Å². The molecule has 1 fully saturated rings. The molecule has 0 aromatic heterocycles. The summed E-state index contributed by atoms with van der Waals surface area (Å²) in [5.74, 6) is 0.900. The molecule has 0 saturated carbocycles. The number of hydrogen-bond donors (Lipinski definition) is 2. The quantitative estimate of drug-likeness (QED) is 0.735. The van der Waals surface area contributed by atoms with Crippen molar-refractivity contribution in [2.75, 3.05) is 25.5 Å². The van der Waals surface area contributed by atoms with Crippen molar-refractivity contribution in [3.63, 3.8) is 0 Å². The highest BCUT2D eigenvalue weighted by atomic mass is 16.5. The van der Waals surface area contributed by atoms with E-state index >= 15 is 0 Å². The van der Waals surface area contributed by atoms with E-state index in [1.807, 2.05) is 18.2 Å². The smallest absolute Gasteiger partial charge is 0.236 e. The molecule has 2 aliphatic heterocycles. The standard InChI is InChI=1S/C12H14N2O2/c1-16-9-4-2-3-8-10(9)12(11(15)14-8)5-6-13-7-12/h2-4,13H,5-7H2,1H3,(H,14,15). The van der Waals surface area contributed by atoms with Crippen molar-refractivity contribution in [3.8, 4) is 5.75 Å². The van der Waals surface area contributed by atoms with Gasteiger partial charge in [-0.15, -0.1) is 0 Å². The van der Waals surface area contributed by atoms with Gasteiger partial charge in [0.25, 0.3) is 0 Å². The fourth-order valence-corrected chi connectivity index (χ4v) is 2.75. The molecule has 1 spiro atoms. The minimum atomic E-state index is -0.415. The van der Waals surface area contributed by atoms with Crippen LogP contribution in [0.1, 0.15) is 12.0 Å². The molecule has 1 unspecified atom stereocenters. The molecule has 2 N–H and O–H groups in total. The molecule has 0 radical (unpaired) electrons. The van der Waals surface area contributed by atoms with Crippen molar-refractivity contribution in [2.45, 2.75) is 11.8 Å². The SMILES string of the molecule is COc1cccc2c1C1(CCNC1)C(=O)N2. The monoisotopic (exact) mass is 218 g/mol. The second kappa shape index (κ2) is 3.22. The highest BCUT2D eigenvalue weighted by molar-refractivity contribution is 6.07. The number of rotatable bonds is 1. The number of amides is 1. The Bertz CT molecular complexity index is 450. The average molecular weight is 218 g/mol. The van der Waals surface area contributed by atoms with E-state index in [1.54, 1.807) is 7.11 Å². The van der Waals surface area contributed by atoms with Crippen LogP contribution in [-0.2, 0) is 10.2 Å². The molecular formula is C12H14N2O2. The number of anilines is 1. The predicted molar refractivity (Wildman–Crippen MR) is 60.8 cm³/mol. The summed E-state index contributed by atoms with van der Waals surface area (Å²) < 4.78 is 5.37. The van der Waals surface area contributed by atoms with Crippen LogP contribution in [0, 0.1) is 0 Å². The zero-order valence-electron chi connectivity index (χ0n) is 9.17. The van der Waals surface area contributed by atoms with Gasteiger partial charge in [0.15, 0.2) is 0 Å². The van der Waals surface area contributed by atoms with Crippen LogP contribution in [0.25, 0.3) is 0 Å². The van der Waals surface area contributed by atoms with Crippen LogP contribution < -0.4 is 15.4 Å².